The Hall–Kier alpha value is -2.23. The van der Waals surface area contributed by atoms with Gasteiger partial charge in [-0.15, -0.1) is 0 Å². The van der Waals surface area contributed by atoms with Crippen LogP contribution >= 0.6 is 0 Å². The van der Waals surface area contributed by atoms with E-state index in [1.807, 2.05) is 0 Å². The minimum absolute atomic E-state index is 0.157. The van der Waals surface area contributed by atoms with E-state index in [9.17, 15) is 4.39 Å². The van der Waals surface area contributed by atoms with Crippen molar-refractivity contribution in [3.05, 3.63) is 60.2 Å². The number of rotatable bonds is 2. The molecule has 0 atom stereocenters. The number of nitrogens with two attached hydrogens (primary N) is 1. The van der Waals surface area contributed by atoms with Crippen LogP contribution in [0.15, 0.2) is 53.8 Å². The Morgan fingerprint density at radius 1 is 1.12 bits per heavy atom. The van der Waals surface area contributed by atoms with Gasteiger partial charge in [-0.1, -0.05) is 12.1 Å². The molecule has 0 radical (unpaired) electrons. The number of nitrogens with zero attached hydrogens (tertiary/aromatic N) is 2. The van der Waals surface area contributed by atoms with Gasteiger partial charge < -0.3 is 5.73 Å². The highest BCUT2D eigenvalue weighted by Crippen LogP contribution is 2.12. The summed E-state index contributed by atoms with van der Waals surface area (Å²) in [4.78, 5) is 7.96. The lowest BCUT2D eigenvalue weighted by atomic mass is 10.2. The first-order valence-corrected chi connectivity index (χ1v) is 4.76. The lowest BCUT2D eigenvalue weighted by molar-refractivity contribution is 0.625. The number of pyridine rings is 1. The van der Waals surface area contributed by atoms with Crippen LogP contribution in [0, 0.1) is 5.82 Å². The Labute approximate surface area is 92.5 Å². The zero-order valence-electron chi connectivity index (χ0n) is 8.47. The summed E-state index contributed by atoms with van der Waals surface area (Å²) >= 11 is 0. The summed E-state index contributed by atoms with van der Waals surface area (Å²) in [6, 6.07) is 9.67. The quantitative estimate of drug-likeness (QED) is 0.617. The van der Waals surface area contributed by atoms with Crippen LogP contribution in [-0.2, 0) is 0 Å². The first-order chi connectivity index (χ1) is 7.77. The van der Waals surface area contributed by atoms with Crippen LogP contribution in [0.5, 0.6) is 0 Å². The van der Waals surface area contributed by atoms with Gasteiger partial charge in [-0.25, -0.2) is 9.38 Å². The van der Waals surface area contributed by atoms with Crippen LogP contribution in [0.1, 0.15) is 5.56 Å². The molecule has 3 nitrogen and oxygen atoms in total. The van der Waals surface area contributed by atoms with Crippen molar-refractivity contribution in [3.8, 4) is 0 Å². The van der Waals surface area contributed by atoms with Crippen molar-refractivity contribution in [2.24, 2.45) is 10.7 Å². The van der Waals surface area contributed by atoms with E-state index in [0.29, 0.717) is 11.3 Å². The predicted octanol–water partition coefficient (Wildman–Crippen LogP) is 2.26. The Morgan fingerprint density at radius 2 is 1.81 bits per heavy atom. The molecule has 2 aromatic rings. The van der Waals surface area contributed by atoms with Gasteiger partial charge in [0.1, 0.15) is 11.7 Å². The fraction of sp³-hybridized carbons (Fsp3) is 0. The van der Waals surface area contributed by atoms with Gasteiger partial charge in [0.25, 0.3) is 0 Å². The maximum absolute atomic E-state index is 13.4. The maximum Gasteiger partial charge on any atom is 0.134 e. The third kappa shape index (κ3) is 2.23. The molecule has 0 aliphatic carbocycles. The van der Waals surface area contributed by atoms with Gasteiger partial charge >= 0.3 is 0 Å². The van der Waals surface area contributed by atoms with Crippen molar-refractivity contribution < 1.29 is 4.39 Å². The van der Waals surface area contributed by atoms with Gasteiger partial charge in [0.05, 0.1) is 11.3 Å². The van der Waals surface area contributed by atoms with E-state index in [1.165, 1.54) is 6.07 Å². The van der Waals surface area contributed by atoms with E-state index < -0.39 is 0 Å². The largest absolute Gasteiger partial charge is 0.383 e. The number of halogens is 1. The number of aliphatic imine (C=N–C) groups is 1. The third-order valence-corrected chi connectivity index (χ3v) is 2.06. The van der Waals surface area contributed by atoms with E-state index >= 15 is 0 Å². The summed E-state index contributed by atoms with van der Waals surface area (Å²) in [5.41, 5.74) is 6.67. The van der Waals surface area contributed by atoms with Crippen LogP contribution in [0.4, 0.5) is 10.1 Å². The molecule has 0 saturated carbocycles. The van der Waals surface area contributed by atoms with Crippen LogP contribution in [0.25, 0.3) is 0 Å². The van der Waals surface area contributed by atoms with Gasteiger partial charge in [-0.05, 0) is 24.3 Å². The van der Waals surface area contributed by atoms with Gasteiger partial charge in [-0.3, -0.25) is 4.98 Å². The lowest BCUT2D eigenvalue weighted by Crippen LogP contribution is -2.14. The number of hydrogen-bond acceptors (Lipinski definition) is 2. The molecule has 16 heavy (non-hydrogen) atoms. The lowest BCUT2D eigenvalue weighted by Gasteiger charge is -2.01. The summed E-state index contributed by atoms with van der Waals surface area (Å²) < 4.78 is 13.4. The molecule has 0 unspecified atom stereocenters. The van der Waals surface area contributed by atoms with Crippen molar-refractivity contribution in [1.29, 1.82) is 0 Å². The second-order valence-electron chi connectivity index (χ2n) is 3.18. The zero-order valence-corrected chi connectivity index (χ0v) is 8.47. The molecule has 2 rings (SSSR count). The summed E-state index contributed by atoms with van der Waals surface area (Å²) in [7, 11) is 0. The van der Waals surface area contributed by atoms with E-state index in [1.54, 1.807) is 42.7 Å². The van der Waals surface area contributed by atoms with Crippen molar-refractivity contribution in [3.63, 3.8) is 0 Å². The SMILES string of the molecule is N/C(=N\c1ccncc1)c1ccccc1F. The average Bonchev–Trinajstić information content (AvgIpc) is 2.31. The molecular weight excluding hydrogens is 205 g/mol. The van der Waals surface area contributed by atoms with Crippen LogP contribution < -0.4 is 5.73 Å². The molecule has 1 aromatic carbocycles. The highest BCUT2D eigenvalue weighted by atomic mass is 19.1. The smallest absolute Gasteiger partial charge is 0.134 e. The van der Waals surface area contributed by atoms with Crippen molar-refractivity contribution in [1.82, 2.24) is 4.98 Å². The zero-order chi connectivity index (χ0) is 11.4. The summed E-state index contributed by atoms with van der Waals surface area (Å²) in [6.45, 7) is 0. The van der Waals surface area contributed by atoms with E-state index in [-0.39, 0.29) is 11.7 Å². The minimum atomic E-state index is -0.377. The van der Waals surface area contributed by atoms with E-state index in [2.05, 4.69) is 9.98 Å². The molecule has 0 aliphatic heterocycles. The van der Waals surface area contributed by atoms with Gasteiger partial charge in [-0.2, -0.15) is 0 Å². The molecule has 0 bridgehead atoms. The van der Waals surface area contributed by atoms with Crippen molar-refractivity contribution in [2.45, 2.75) is 0 Å². The predicted molar refractivity (Wildman–Crippen MR) is 61.0 cm³/mol. The molecule has 2 N–H and O–H groups in total. The second kappa shape index (κ2) is 4.53. The molecule has 0 spiro atoms. The van der Waals surface area contributed by atoms with E-state index in [0.717, 1.165) is 0 Å². The monoisotopic (exact) mass is 215 g/mol. The molecule has 0 amide bonds. The minimum Gasteiger partial charge on any atom is -0.383 e. The molecule has 4 heteroatoms. The Morgan fingerprint density at radius 3 is 2.50 bits per heavy atom. The molecule has 1 aromatic heterocycles. The Balaban J connectivity index is 2.36. The number of hydrogen-bond donors (Lipinski definition) is 1. The fourth-order valence-corrected chi connectivity index (χ4v) is 1.29. The van der Waals surface area contributed by atoms with Crippen molar-refractivity contribution >= 4 is 11.5 Å². The molecule has 0 saturated heterocycles. The standard InChI is InChI=1S/C12H10FN3/c13-11-4-2-1-3-10(11)12(14)16-9-5-7-15-8-6-9/h1-8H,(H2,14,15,16). The topological polar surface area (TPSA) is 51.3 Å². The van der Waals surface area contributed by atoms with Crippen LogP contribution in [0.2, 0.25) is 0 Å². The summed E-state index contributed by atoms with van der Waals surface area (Å²) in [5, 5.41) is 0. The molecule has 80 valence electrons. The van der Waals surface area contributed by atoms with Gasteiger partial charge in [0, 0.05) is 12.4 Å². The molecule has 1 heterocycles. The Bertz CT molecular complexity index is 509. The first-order valence-electron chi connectivity index (χ1n) is 4.76. The number of benzene rings is 1. The maximum atomic E-state index is 13.4. The second-order valence-corrected chi connectivity index (χ2v) is 3.18. The highest BCUT2D eigenvalue weighted by molar-refractivity contribution is 5.99. The third-order valence-electron chi connectivity index (χ3n) is 2.06. The fourth-order valence-electron chi connectivity index (χ4n) is 1.29. The average molecular weight is 215 g/mol. The normalized spacial score (nSPS) is 11.4. The highest BCUT2D eigenvalue weighted by Gasteiger charge is 2.04. The summed E-state index contributed by atoms with van der Waals surface area (Å²) in [6.07, 6.45) is 3.21. The molecule has 0 aliphatic rings. The van der Waals surface area contributed by atoms with Crippen molar-refractivity contribution in [2.75, 3.05) is 0 Å². The number of aromatic nitrogens is 1. The van der Waals surface area contributed by atoms with Crippen LogP contribution in [0.3, 0.4) is 0 Å². The van der Waals surface area contributed by atoms with E-state index in [4.69, 9.17) is 5.73 Å². The van der Waals surface area contributed by atoms with Gasteiger partial charge in [0.15, 0.2) is 0 Å². The van der Waals surface area contributed by atoms with Gasteiger partial charge in [0.2, 0.25) is 0 Å². The van der Waals surface area contributed by atoms with Crippen LogP contribution in [-0.4, -0.2) is 10.8 Å². The molecular formula is C12H10FN3. The summed E-state index contributed by atoms with van der Waals surface area (Å²) in [5.74, 6) is -0.220. The first kappa shape index (κ1) is 10.3. The molecule has 0 fully saturated rings. The number of amidine groups is 1. The Kier molecular flexibility index (Phi) is 2.91.